The molecule has 32 heavy (non-hydrogen) atoms. The number of hydrogen-bond donors (Lipinski definition) is 3. The predicted octanol–water partition coefficient (Wildman–Crippen LogP) is 2.15. The van der Waals surface area contributed by atoms with Crippen molar-refractivity contribution in [2.75, 3.05) is 18.4 Å². The Kier molecular flexibility index (Phi) is 5.46. The van der Waals surface area contributed by atoms with Crippen molar-refractivity contribution in [3.8, 4) is 11.5 Å². The average Bonchev–Trinajstić information content (AvgIpc) is 3.46. The fourth-order valence-corrected chi connectivity index (χ4v) is 4.55. The zero-order valence-corrected chi connectivity index (χ0v) is 17.6. The number of rotatable bonds is 4. The number of urea groups is 1. The maximum atomic E-state index is 14.5. The number of aromatic amines is 1. The number of carbonyl (C=O) groups excluding carboxylic acids is 1. The molecule has 0 aromatic carbocycles. The number of amides is 2. The van der Waals surface area contributed by atoms with Crippen LogP contribution in [0.15, 0.2) is 29.2 Å². The Morgan fingerprint density at radius 3 is 2.81 bits per heavy atom. The summed E-state index contributed by atoms with van der Waals surface area (Å²) < 4.78 is 15.9. The summed E-state index contributed by atoms with van der Waals surface area (Å²) in [6.45, 7) is 1.61. The summed E-state index contributed by atoms with van der Waals surface area (Å²) in [5.41, 5.74) is 0.435. The number of anilines is 1. The Hall–Kier alpha value is -3.50. The monoisotopic (exact) mass is 440 g/mol. The zero-order chi connectivity index (χ0) is 22.1. The van der Waals surface area contributed by atoms with Gasteiger partial charge in [0.2, 0.25) is 0 Å². The normalized spacial score (nSPS) is 21.1. The first-order valence-corrected chi connectivity index (χ1v) is 11.0. The average molecular weight is 440 g/mol. The molecule has 10 nitrogen and oxygen atoms in total. The molecule has 1 aliphatic heterocycles. The molecule has 1 saturated heterocycles. The predicted molar refractivity (Wildman–Crippen MR) is 116 cm³/mol. The van der Waals surface area contributed by atoms with Crippen LogP contribution in [0, 0.1) is 5.82 Å². The molecule has 2 amide bonds. The van der Waals surface area contributed by atoms with Crippen molar-refractivity contribution in [2.24, 2.45) is 0 Å². The number of fused-ring (bicyclic) bond motifs is 1. The molecule has 0 bridgehead atoms. The maximum Gasteiger partial charge on any atom is 0.348 e. The van der Waals surface area contributed by atoms with E-state index in [1.807, 2.05) is 4.90 Å². The second kappa shape index (κ2) is 8.56. The molecule has 5 rings (SSSR count). The lowest BCUT2D eigenvalue weighted by Gasteiger charge is -2.32. The van der Waals surface area contributed by atoms with E-state index < -0.39 is 11.5 Å². The van der Waals surface area contributed by atoms with Crippen LogP contribution < -0.4 is 16.3 Å². The van der Waals surface area contributed by atoms with Crippen LogP contribution in [-0.4, -0.2) is 60.7 Å². The summed E-state index contributed by atoms with van der Waals surface area (Å²) in [7, 11) is 0. The van der Waals surface area contributed by atoms with Gasteiger partial charge in [0.1, 0.15) is 0 Å². The van der Waals surface area contributed by atoms with E-state index in [9.17, 15) is 14.0 Å². The third-order valence-corrected chi connectivity index (χ3v) is 6.15. The van der Waals surface area contributed by atoms with Gasteiger partial charge >= 0.3 is 11.7 Å². The molecule has 0 unspecified atom stereocenters. The Bertz CT molecular complexity index is 1190. The van der Waals surface area contributed by atoms with Crippen LogP contribution in [0.4, 0.5) is 15.0 Å². The van der Waals surface area contributed by atoms with E-state index in [0.717, 1.165) is 51.4 Å². The van der Waals surface area contributed by atoms with Crippen LogP contribution in [0.25, 0.3) is 17.2 Å². The van der Waals surface area contributed by atoms with Crippen molar-refractivity contribution < 1.29 is 9.18 Å². The summed E-state index contributed by atoms with van der Waals surface area (Å²) in [5, 5.41) is 12.6. The van der Waals surface area contributed by atoms with E-state index in [1.54, 1.807) is 18.2 Å². The Morgan fingerprint density at radius 2 is 1.97 bits per heavy atom. The summed E-state index contributed by atoms with van der Waals surface area (Å²) in [6.07, 6.45) is 6.57. The smallest absolute Gasteiger partial charge is 0.348 e. The second-order valence-electron chi connectivity index (χ2n) is 8.37. The van der Waals surface area contributed by atoms with E-state index in [-0.39, 0.29) is 29.8 Å². The van der Waals surface area contributed by atoms with Crippen molar-refractivity contribution in [3.63, 3.8) is 0 Å². The molecule has 1 saturated carbocycles. The molecule has 11 heteroatoms. The molecular formula is C21H25FN8O2. The van der Waals surface area contributed by atoms with Crippen molar-refractivity contribution in [3.05, 3.63) is 40.7 Å². The Balaban J connectivity index is 1.32. The number of carbonyl (C=O) groups is 1. The minimum atomic E-state index is -0.566. The second-order valence-corrected chi connectivity index (χ2v) is 8.37. The van der Waals surface area contributed by atoms with Gasteiger partial charge in [0.15, 0.2) is 23.1 Å². The van der Waals surface area contributed by atoms with Gasteiger partial charge in [0.25, 0.3) is 0 Å². The highest BCUT2D eigenvalue weighted by atomic mass is 19.1. The number of H-pyrrole nitrogens is 1. The van der Waals surface area contributed by atoms with E-state index in [1.165, 1.54) is 4.40 Å². The highest BCUT2D eigenvalue weighted by molar-refractivity contribution is 5.74. The number of pyridine rings is 1. The molecular weight excluding hydrogens is 415 g/mol. The fraction of sp³-hybridized carbons (Fsp3) is 0.476. The van der Waals surface area contributed by atoms with Gasteiger partial charge in [-0.15, -0.1) is 0 Å². The maximum absolute atomic E-state index is 14.5. The first-order valence-electron chi connectivity index (χ1n) is 11.0. The zero-order valence-electron chi connectivity index (χ0n) is 17.6. The van der Waals surface area contributed by atoms with Gasteiger partial charge < -0.3 is 15.5 Å². The molecule has 0 radical (unpaired) electrons. The van der Waals surface area contributed by atoms with E-state index in [2.05, 4.69) is 30.8 Å². The number of aromatic nitrogens is 5. The largest absolute Gasteiger partial charge is 0.365 e. The molecule has 3 aromatic heterocycles. The first kappa shape index (κ1) is 20.4. The van der Waals surface area contributed by atoms with Crippen molar-refractivity contribution in [1.82, 2.24) is 34.8 Å². The van der Waals surface area contributed by atoms with Crippen LogP contribution in [0.3, 0.4) is 0 Å². The summed E-state index contributed by atoms with van der Waals surface area (Å²) in [4.78, 5) is 34.8. The number of halogens is 1. The third-order valence-electron chi connectivity index (χ3n) is 6.15. The highest BCUT2D eigenvalue weighted by Gasteiger charge is 2.27. The molecule has 2 aliphatic rings. The quantitative estimate of drug-likeness (QED) is 0.572. The van der Waals surface area contributed by atoms with Gasteiger partial charge in [-0.05, 0) is 50.7 Å². The lowest BCUT2D eigenvalue weighted by molar-refractivity contribution is 0.199. The number of likely N-dealkylation sites (tertiary alicyclic amines) is 1. The summed E-state index contributed by atoms with van der Waals surface area (Å²) in [6, 6.07) is 5.10. The highest BCUT2D eigenvalue weighted by Crippen LogP contribution is 2.25. The minimum absolute atomic E-state index is 0.0118. The number of nitrogens with zero attached hydrogens (tertiary/aromatic N) is 5. The summed E-state index contributed by atoms with van der Waals surface area (Å²) in [5.74, 6) is -0.263. The molecule has 168 valence electrons. The third kappa shape index (κ3) is 4.02. The molecule has 2 atom stereocenters. The first-order chi connectivity index (χ1) is 15.6. The number of nitrogens with one attached hydrogen (secondary N) is 3. The van der Waals surface area contributed by atoms with Crippen LogP contribution in [0.5, 0.6) is 0 Å². The van der Waals surface area contributed by atoms with Gasteiger partial charge in [-0.2, -0.15) is 5.10 Å². The van der Waals surface area contributed by atoms with E-state index >= 15 is 0 Å². The van der Waals surface area contributed by atoms with Gasteiger partial charge in [-0.3, -0.25) is 0 Å². The Morgan fingerprint density at radius 1 is 1.16 bits per heavy atom. The molecule has 4 heterocycles. The SMILES string of the molecule is O=C(N[C@@H]1CCC[C@H](Nc2nc(-c3cccc4n[nH]c(=O)n34)ncc2F)C1)N1CCCC1. The van der Waals surface area contributed by atoms with Crippen molar-refractivity contribution in [2.45, 2.75) is 50.6 Å². The molecule has 0 spiro atoms. The molecule has 3 N–H and O–H groups in total. The summed E-state index contributed by atoms with van der Waals surface area (Å²) >= 11 is 0. The molecule has 1 aliphatic carbocycles. The number of hydrogen-bond acceptors (Lipinski definition) is 6. The van der Waals surface area contributed by atoms with E-state index in [0.29, 0.717) is 17.8 Å². The van der Waals surface area contributed by atoms with Crippen molar-refractivity contribution >= 4 is 17.5 Å². The molecule has 2 fully saturated rings. The lowest BCUT2D eigenvalue weighted by atomic mass is 9.91. The van der Waals surface area contributed by atoms with E-state index in [4.69, 9.17) is 0 Å². The molecule has 3 aromatic rings. The van der Waals surface area contributed by atoms with Crippen LogP contribution in [0.2, 0.25) is 0 Å². The standard InChI is InChI=1S/C21H25FN8O2/c22-15-12-23-19(16-7-4-8-17-27-28-21(32)30(16)17)26-18(15)24-13-5-3-6-14(11-13)25-20(31)29-9-1-2-10-29/h4,7-8,12-14H,1-3,5-6,9-11H2,(H,25,31)(H,28,32)(H,23,24,26)/t13-,14+/m0/s1. The van der Waals surface area contributed by atoms with Gasteiger partial charge in [0.05, 0.1) is 11.9 Å². The lowest BCUT2D eigenvalue weighted by Crippen LogP contribution is -2.47. The Labute approximate surface area is 183 Å². The topological polar surface area (TPSA) is 120 Å². The van der Waals surface area contributed by atoms with Gasteiger partial charge in [-0.1, -0.05) is 6.07 Å². The van der Waals surface area contributed by atoms with Crippen LogP contribution in [-0.2, 0) is 0 Å². The fourth-order valence-electron chi connectivity index (χ4n) is 4.55. The van der Waals surface area contributed by atoms with Gasteiger partial charge in [0, 0.05) is 25.2 Å². The van der Waals surface area contributed by atoms with Gasteiger partial charge in [-0.25, -0.2) is 33.4 Å². The van der Waals surface area contributed by atoms with Crippen LogP contribution >= 0.6 is 0 Å². The van der Waals surface area contributed by atoms with Crippen LogP contribution in [0.1, 0.15) is 38.5 Å². The minimum Gasteiger partial charge on any atom is -0.365 e. The van der Waals surface area contributed by atoms with Crippen molar-refractivity contribution in [1.29, 1.82) is 0 Å².